The number of carbonyl (C=O) groups excluding carboxylic acids is 1. The predicted octanol–water partition coefficient (Wildman–Crippen LogP) is 2.53. The smallest absolute Gasteiger partial charge is 0.273 e. The van der Waals surface area contributed by atoms with Crippen LogP contribution in [0.25, 0.3) is 0 Å². The molecule has 2 aliphatic rings. The molecule has 1 aliphatic carbocycles. The Morgan fingerprint density at radius 3 is 3.00 bits per heavy atom. The predicted molar refractivity (Wildman–Crippen MR) is 91.0 cm³/mol. The molecule has 2 aromatic rings. The Morgan fingerprint density at radius 2 is 2.29 bits per heavy atom. The van der Waals surface area contributed by atoms with Crippen LogP contribution in [0, 0.1) is 5.92 Å². The van der Waals surface area contributed by atoms with Gasteiger partial charge in [0.05, 0.1) is 24.4 Å². The van der Waals surface area contributed by atoms with Gasteiger partial charge in [-0.25, -0.2) is 4.98 Å². The average Bonchev–Trinajstić information content (AvgIpc) is 3.11. The molecule has 0 bridgehead atoms. The SMILES string of the molecule is CCn1cc2c(n1)CN(C(=O)c1cscn1)CC2COCC1CC1. The quantitative estimate of drug-likeness (QED) is 0.806. The zero-order chi connectivity index (χ0) is 16.5. The summed E-state index contributed by atoms with van der Waals surface area (Å²) in [7, 11) is 0. The van der Waals surface area contributed by atoms with Crippen LogP contribution >= 0.6 is 11.3 Å². The van der Waals surface area contributed by atoms with Crippen molar-refractivity contribution < 1.29 is 9.53 Å². The fourth-order valence-electron chi connectivity index (χ4n) is 3.15. The highest BCUT2D eigenvalue weighted by molar-refractivity contribution is 7.07. The van der Waals surface area contributed by atoms with Gasteiger partial charge >= 0.3 is 0 Å². The van der Waals surface area contributed by atoms with E-state index in [0.29, 0.717) is 25.4 Å². The Labute approximate surface area is 145 Å². The van der Waals surface area contributed by atoms with Gasteiger partial charge in [-0.05, 0) is 25.7 Å². The Hall–Kier alpha value is -1.73. The van der Waals surface area contributed by atoms with E-state index in [1.807, 2.05) is 9.58 Å². The van der Waals surface area contributed by atoms with Gasteiger partial charge in [0.25, 0.3) is 5.91 Å². The molecule has 128 valence electrons. The Kier molecular flexibility index (Phi) is 4.37. The van der Waals surface area contributed by atoms with E-state index in [0.717, 1.165) is 24.8 Å². The van der Waals surface area contributed by atoms with Gasteiger partial charge in [-0.2, -0.15) is 5.10 Å². The van der Waals surface area contributed by atoms with Gasteiger partial charge in [0.2, 0.25) is 0 Å². The van der Waals surface area contributed by atoms with Crippen LogP contribution < -0.4 is 0 Å². The van der Waals surface area contributed by atoms with Crippen molar-refractivity contribution in [2.75, 3.05) is 19.8 Å². The summed E-state index contributed by atoms with van der Waals surface area (Å²) in [5, 5.41) is 6.45. The maximum Gasteiger partial charge on any atom is 0.273 e. The first-order chi connectivity index (χ1) is 11.7. The number of aryl methyl sites for hydroxylation is 1. The van der Waals surface area contributed by atoms with E-state index in [9.17, 15) is 4.79 Å². The lowest BCUT2D eigenvalue weighted by Gasteiger charge is -2.31. The number of aromatic nitrogens is 3. The normalized spacial score (nSPS) is 20.2. The van der Waals surface area contributed by atoms with Crippen molar-refractivity contribution in [3.8, 4) is 0 Å². The van der Waals surface area contributed by atoms with Gasteiger partial charge < -0.3 is 9.64 Å². The first-order valence-corrected chi connectivity index (χ1v) is 9.50. The number of amides is 1. The number of rotatable bonds is 6. The van der Waals surface area contributed by atoms with Crippen molar-refractivity contribution in [3.63, 3.8) is 0 Å². The van der Waals surface area contributed by atoms with E-state index in [1.54, 1.807) is 10.9 Å². The van der Waals surface area contributed by atoms with Crippen LogP contribution in [0.15, 0.2) is 17.1 Å². The van der Waals surface area contributed by atoms with Gasteiger partial charge in [0.1, 0.15) is 5.69 Å². The number of hydrogen-bond acceptors (Lipinski definition) is 5. The molecule has 1 amide bonds. The number of hydrogen-bond donors (Lipinski definition) is 0. The minimum Gasteiger partial charge on any atom is -0.380 e. The molecule has 1 unspecified atom stereocenters. The van der Waals surface area contributed by atoms with Crippen LogP contribution in [0.4, 0.5) is 0 Å². The highest BCUT2D eigenvalue weighted by atomic mass is 32.1. The highest BCUT2D eigenvalue weighted by Crippen LogP contribution is 2.31. The molecule has 6 nitrogen and oxygen atoms in total. The first-order valence-electron chi connectivity index (χ1n) is 8.56. The van der Waals surface area contributed by atoms with Crippen molar-refractivity contribution in [2.45, 2.75) is 38.8 Å². The maximum absolute atomic E-state index is 12.7. The number of carbonyl (C=O) groups is 1. The Bertz CT molecular complexity index is 708. The van der Waals surface area contributed by atoms with E-state index in [2.05, 4.69) is 23.2 Å². The molecule has 1 atom stereocenters. The summed E-state index contributed by atoms with van der Waals surface area (Å²) in [6, 6.07) is 0. The minimum absolute atomic E-state index is 0.0138. The first kappa shape index (κ1) is 15.8. The zero-order valence-corrected chi connectivity index (χ0v) is 14.7. The molecule has 24 heavy (non-hydrogen) atoms. The van der Waals surface area contributed by atoms with E-state index in [4.69, 9.17) is 4.74 Å². The third kappa shape index (κ3) is 3.23. The van der Waals surface area contributed by atoms with Crippen LogP contribution in [0.3, 0.4) is 0 Å². The molecule has 1 saturated carbocycles. The molecule has 1 aliphatic heterocycles. The lowest BCUT2D eigenvalue weighted by molar-refractivity contribution is 0.0622. The van der Waals surface area contributed by atoms with Crippen molar-refractivity contribution >= 4 is 17.2 Å². The highest BCUT2D eigenvalue weighted by Gasteiger charge is 2.32. The largest absolute Gasteiger partial charge is 0.380 e. The fraction of sp³-hybridized carbons (Fsp3) is 0.588. The van der Waals surface area contributed by atoms with Gasteiger partial charge in [-0.3, -0.25) is 9.48 Å². The summed E-state index contributed by atoms with van der Waals surface area (Å²) in [4.78, 5) is 18.7. The van der Waals surface area contributed by atoms with Crippen LogP contribution in [-0.2, 0) is 17.8 Å². The molecule has 3 heterocycles. The van der Waals surface area contributed by atoms with Crippen molar-refractivity contribution in [3.05, 3.63) is 34.0 Å². The van der Waals surface area contributed by atoms with Gasteiger partial charge in [0.15, 0.2) is 0 Å². The molecule has 1 fully saturated rings. The summed E-state index contributed by atoms with van der Waals surface area (Å²) >= 11 is 1.45. The molecule has 0 saturated heterocycles. The second-order valence-corrected chi connectivity index (χ2v) is 7.34. The van der Waals surface area contributed by atoms with Crippen LogP contribution in [0.2, 0.25) is 0 Å². The van der Waals surface area contributed by atoms with E-state index < -0.39 is 0 Å². The monoisotopic (exact) mass is 346 g/mol. The van der Waals surface area contributed by atoms with Gasteiger partial charge in [-0.1, -0.05) is 0 Å². The molecular formula is C17H22N4O2S. The van der Waals surface area contributed by atoms with Gasteiger partial charge in [-0.15, -0.1) is 11.3 Å². The second-order valence-electron chi connectivity index (χ2n) is 6.62. The third-order valence-corrected chi connectivity index (χ3v) is 5.31. The van der Waals surface area contributed by atoms with Crippen molar-refractivity contribution in [1.82, 2.24) is 19.7 Å². The number of fused-ring (bicyclic) bond motifs is 1. The summed E-state index contributed by atoms with van der Waals surface area (Å²) in [5.74, 6) is 0.926. The molecule has 7 heteroatoms. The molecule has 0 aromatic carbocycles. The molecular weight excluding hydrogens is 324 g/mol. The third-order valence-electron chi connectivity index (χ3n) is 4.72. The van der Waals surface area contributed by atoms with Crippen molar-refractivity contribution in [1.29, 1.82) is 0 Å². The maximum atomic E-state index is 12.7. The zero-order valence-electron chi connectivity index (χ0n) is 13.9. The Balaban J connectivity index is 1.52. The number of thiazole rings is 1. The summed E-state index contributed by atoms with van der Waals surface area (Å²) in [6.07, 6.45) is 4.70. The number of ether oxygens (including phenoxy) is 1. The molecule has 4 rings (SSSR count). The van der Waals surface area contributed by atoms with E-state index in [-0.39, 0.29) is 11.8 Å². The average molecular weight is 346 g/mol. The minimum atomic E-state index is -0.0138. The second kappa shape index (κ2) is 6.64. The van der Waals surface area contributed by atoms with Crippen LogP contribution in [-0.4, -0.2) is 45.3 Å². The number of nitrogens with zero attached hydrogens (tertiary/aromatic N) is 4. The van der Waals surface area contributed by atoms with E-state index >= 15 is 0 Å². The van der Waals surface area contributed by atoms with Crippen LogP contribution in [0.1, 0.15) is 47.4 Å². The summed E-state index contributed by atoms with van der Waals surface area (Å²) in [6.45, 7) is 5.63. The lowest BCUT2D eigenvalue weighted by atomic mass is 9.95. The van der Waals surface area contributed by atoms with Crippen molar-refractivity contribution in [2.24, 2.45) is 5.92 Å². The summed E-state index contributed by atoms with van der Waals surface area (Å²) in [5.41, 5.74) is 4.45. The van der Waals surface area contributed by atoms with Gasteiger partial charge in [0, 0.05) is 42.8 Å². The molecule has 0 N–H and O–H groups in total. The fourth-order valence-corrected chi connectivity index (χ4v) is 3.68. The Morgan fingerprint density at radius 1 is 1.42 bits per heavy atom. The summed E-state index contributed by atoms with van der Waals surface area (Å²) < 4.78 is 7.88. The van der Waals surface area contributed by atoms with Crippen LogP contribution in [0.5, 0.6) is 0 Å². The topological polar surface area (TPSA) is 60.2 Å². The standard InChI is InChI=1S/C17H22N4O2S/c1-2-21-6-14-13(9-23-8-12-3-4-12)5-20(7-15(14)19-21)17(22)16-10-24-11-18-16/h6,10-13H,2-5,7-9H2,1H3. The molecule has 2 aromatic heterocycles. The lowest BCUT2D eigenvalue weighted by Crippen LogP contribution is -2.39. The molecule has 0 spiro atoms. The molecule has 0 radical (unpaired) electrons. The van der Waals surface area contributed by atoms with E-state index in [1.165, 1.54) is 29.7 Å².